The van der Waals surface area contributed by atoms with E-state index in [9.17, 15) is 9.90 Å². The van der Waals surface area contributed by atoms with Gasteiger partial charge in [-0.15, -0.1) is 0 Å². The average molecular weight is 251 g/mol. The zero-order chi connectivity index (χ0) is 14.1. The maximum Gasteiger partial charge on any atom is 0.256 e. The normalized spacial score (nSPS) is 12.5. The number of pyridine rings is 1. The zero-order valence-electron chi connectivity index (χ0n) is 12.3. The third kappa shape index (κ3) is 3.22. The fourth-order valence-corrected chi connectivity index (χ4v) is 2.12. The predicted molar refractivity (Wildman–Crippen MR) is 74.9 cm³/mol. The van der Waals surface area contributed by atoms with Gasteiger partial charge in [-0.1, -0.05) is 27.7 Å². The molecule has 1 aromatic heterocycles. The molecule has 1 N–H and O–H groups in total. The van der Waals surface area contributed by atoms with E-state index in [-0.39, 0.29) is 5.56 Å². The molecule has 1 aromatic rings. The molecular weight excluding hydrogens is 226 g/mol. The van der Waals surface area contributed by atoms with Crippen LogP contribution in [0.2, 0.25) is 0 Å². The van der Waals surface area contributed by atoms with Crippen LogP contribution >= 0.6 is 0 Å². The lowest BCUT2D eigenvalue weighted by Crippen LogP contribution is -2.34. The summed E-state index contributed by atoms with van der Waals surface area (Å²) in [6.45, 7) is 12.3. The monoisotopic (exact) mass is 251 g/mol. The molecule has 3 heteroatoms. The maximum absolute atomic E-state index is 12.5. The lowest BCUT2D eigenvalue weighted by Gasteiger charge is -2.23. The molecule has 0 aliphatic heterocycles. The van der Waals surface area contributed by atoms with Crippen molar-refractivity contribution in [1.82, 2.24) is 4.57 Å². The zero-order valence-corrected chi connectivity index (χ0v) is 12.3. The molecule has 18 heavy (non-hydrogen) atoms. The molecular formula is C15H25NO2. The van der Waals surface area contributed by atoms with Crippen LogP contribution in [0.5, 0.6) is 0 Å². The largest absolute Gasteiger partial charge is 0.386 e. The quantitative estimate of drug-likeness (QED) is 0.894. The molecule has 1 rings (SSSR count). The first-order chi connectivity index (χ1) is 8.14. The molecule has 0 fully saturated rings. The topological polar surface area (TPSA) is 42.2 Å². The predicted octanol–water partition coefficient (Wildman–Crippen LogP) is 2.86. The Morgan fingerprint density at radius 3 is 2.17 bits per heavy atom. The third-order valence-electron chi connectivity index (χ3n) is 3.01. The van der Waals surface area contributed by atoms with Crippen molar-refractivity contribution in [2.45, 2.75) is 59.6 Å². The van der Waals surface area contributed by atoms with Crippen LogP contribution in [-0.4, -0.2) is 9.67 Å². The lowest BCUT2D eigenvalue weighted by molar-refractivity contribution is 0.0763. The van der Waals surface area contributed by atoms with Gasteiger partial charge in [0.05, 0.1) is 5.60 Å². The summed E-state index contributed by atoms with van der Waals surface area (Å²) in [6.07, 6.45) is 0. The summed E-state index contributed by atoms with van der Waals surface area (Å²) in [5.41, 5.74) is 0.336. The number of nitrogens with zero attached hydrogens (tertiary/aromatic N) is 1. The first-order valence-corrected chi connectivity index (χ1v) is 6.61. The second kappa shape index (κ2) is 5.27. The van der Waals surface area contributed by atoms with E-state index in [0.717, 1.165) is 5.69 Å². The molecule has 0 aromatic carbocycles. The SMILES string of the molecule is CC(C)Cn1c(C(C)C)ccc(C(C)(C)O)c1=O. The van der Waals surface area contributed by atoms with Crippen molar-refractivity contribution in [2.24, 2.45) is 5.92 Å². The molecule has 0 radical (unpaired) electrons. The molecule has 102 valence electrons. The minimum Gasteiger partial charge on any atom is -0.386 e. The average Bonchev–Trinajstić information content (AvgIpc) is 2.17. The Bertz CT molecular complexity index is 464. The van der Waals surface area contributed by atoms with Gasteiger partial charge < -0.3 is 9.67 Å². The molecule has 3 nitrogen and oxygen atoms in total. The van der Waals surface area contributed by atoms with E-state index in [1.54, 1.807) is 19.9 Å². The summed E-state index contributed by atoms with van der Waals surface area (Å²) in [5, 5.41) is 10.0. The molecule has 0 amide bonds. The Hall–Kier alpha value is -1.09. The van der Waals surface area contributed by atoms with Gasteiger partial charge in [0, 0.05) is 17.8 Å². The van der Waals surface area contributed by atoms with Gasteiger partial charge >= 0.3 is 0 Å². The highest BCUT2D eigenvalue weighted by Gasteiger charge is 2.22. The van der Waals surface area contributed by atoms with Gasteiger partial charge in [0.15, 0.2) is 0 Å². The van der Waals surface area contributed by atoms with Gasteiger partial charge in [-0.2, -0.15) is 0 Å². The fraction of sp³-hybridized carbons (Fsp3) is 0.667. The van der Waals surface area contributed by atoms with E-state index in [2.05, 4.69) is 27.7 Å². The van der Waals surface area contributed by atoms with Crippen LogP contribution in [0.1, 0.15) is 58.7 Å². The van der Waals surface area contributed by atoms with Crippen molar-refractivity contribution in [1.29, 1.82) is 0 Å². The van der Waals surface area contributed by atoms with Crippen LogP contribution in [0.4, 0.5) is 0 Å². The Balaban J connectivity index is 3.45. The Morgan fingerprint density at radius 2 is 1.78 bits per heavy atom. The Labute approximate surface area is 109 Å². The van der Waals surface area contributed by atoms with Crippen LogP contribution in [0.25, 0.3) is 0 Å². The highest BCUT2D eigenvalue weighted by molar-refractivity contribution is 5.22. The van der Waals surface area contributed by atoms with E-state index in [0.29, 0.717) is 23.9 Å². The standard InChI is InChI=1S/C15H25NO2/c1-10(2)9-16-13(11(3)4)8-7-12(14(16)17)15(5,6)18/h7-8,10-11,18H,9H2,1-6H3. The van der Waals surface area contributed by atoms with Crippen molar-refractivity contribution in [3.63, 3.8) is 0 Å². The van der Waals surface area contributed by atoms with Crippen LogP contribution in [0.3, 0.4) is 0 Å². The van der Waals surface area contributed by atoms with Crippen molar-refractivity contribution < 1.29 is 5.11 Å². The van der Waals surface area contributed by atoms with Gasteiger partial charge in [0.25, 0.3) is 5.56 Å². The van der Waals surface area contributed by atoms with Gasteiger partial charge in [0.1, 0.15) is 0 Å². The molecule has 0 bridgehead atoms. The van der Waals surface area contributed by atoms with Gasteiger partial charge in [0.2, 0.25) is 0 Å². The van der Waals surface area contributed by atoms with Crippen LogP contribution in [0, 0.1) is 5.92 Å². The molecule has 0 aliphatic carbocycles. The van der Waals surface area contributed by atoms with Crippen LogP contribution in [0.15, 0.2) is 16.9 Å². The summed E-state index contributed by atoms with van der Waals surface area (Å²) >= 11 is 0. The van der Waals surface area contributed by atoms with Gasteiger partial charge in [-0.05, 0) is 37.8 Å². The van der Waals surface area contributed by atoms with Crippen LogP contribution in [-0.2, 0) is 12.1 Å². The Morgan fingerprint density at radius 1 is 1.22 bits per heavy atom. The smallest absolute Gasteiger partial charge is 0.256 e. The second-order valence-corrected chi connectivity index (χ2v) is 6.20. The van der Waals surface area contributed by atoms with Gasteiger partial charge in [-0.25, -0.2) is 0 Å². The van der Waals surface area contributed by atoms with E-state index in [1.165, 1.54) is 0 Å². The molecule has 0 unspecified atom stereocenters. The molecule has 0 spiro atoms. The highest BCUT2D eigenvalue weighted by atomic mass is 16.3. The molecule has 0 aliphatic rings. The second-order valence-electron chi connectivity index (χ2n) is 6.20. The van der Waals surface area contributed by atoms with Crippen molar-refractivity contribution in [3.8, 4) is 0 Å². The summed E-state index contributed by atoms with van der Waals surface area (Å²) in [6, 6.07) is 3.72. The van der Waals surface area contributed by atoms with E-state index in [1.807, 2.05) is 10.6 Å². The number of rotatable bonds is 4. The molecule has 1 heterocycles. The van der Waals surface area contributed by atoms with Crippen molar-refractivity contribution in [2.75, 3.05) is 0 Å². The van der Waals surface area contributed by atoms with E-state index in [4.69, 9.17) is 0 Å². The summed E-state index contributed by atoms with van der Waals surface area (Å²) in [7, 11) is 0. The Kier molecular flexibility index (Phi) is 4.38. The number of aromatic nitrogens is 1. The number of hydrogen-bond acceptors (Lipinski definition) is 2. The molecule has 0 atom stereocenters. The number of hydrogen-bond donors (Lipinski definition) is 1. The van der Waals surface area contributed by atoms with Crippen LogP contribution < -0.4 is 5.56 Å². The van der Waals surface area contributed by atoms with E-state index < -0.39 is 5.60 Å². The van der Waals surface area contributed by atoms with Gasteiger partial charge in [-0.3, -0.25) is 4.79 Å². The summed E-state index contributed by atoms with van der Waals surface area (Å²) in [5.74, 6) is 0.699. The summed E-state index contributed by atoms with van der Waals surface area (Å²) < 4.78 is 1.81. The third-order valence-corrected chi connectivity index (χ3v) is 3.01. The first-order valence-electron chi connectivity index (χ1n) is 6.61. The number of aliphatic hydroxyl groups is 1. The molecule has 0 saturated heterocycles. The fourth-order valence-electron chi connectivity index (χ4n) is 2.12. The highest BCUT2D eigenvalue weighted by Crippen LogP contribution is 2.20. The lowest BCUT2D eigenvalue weighted by atomic mass is 9.97. The van der Waals surface area contributed by atoms with E-state index >= 15 is 0 Å². The maximum atomic E-state index is 12.5. The van der Waals surface area contributed by atoms with Crippen molar-refractivity contribution >= 4 is 0 Å². The molecule has 0 saturated carbocycles. The minimum atomic E-state index is -1.09. The van der Waals surface area contributed by atoms with Crippen molar-refractivity contribution in [3.05, 3.63) is 33.7 Å². The summed E-state index contributed by atoms with van der Waals surface area (Å²) in [4.78, 5) is 12.5. The minimum absolute atomic E-state index is 0.0672. The first kappa shape index (κ1) is 15.0.